The number of methoxy groups -OCH3 is 3. The van der Waals surface area contributed by atoms with Crippen molar-refractivity contribution in [2.45, 2.75) is 19.8 Å². The Hall–Kier alpha value is -4.23. The van der Waals surface area contributed by atoms with Gasteiger partial charge < -0.3 is 19.5 Å². The van der Waals surface area contributed by atoms with Gasteiger partial charge in [-0.2, -0.15) is 0 Å². The summed E-state index contributed by atoms with van der Waals surface area (Å²) >= 11 is 6.03. The molecule has 39 heavy (non-hydrogen) atoms. The summed E-state index contributed by atoms with van der Waals surface area (Å²) < 4.78 is 18.0. The molecule has 0 spiro atoms. The molecule has 2 heterocycles. The molecular weight excluding hydrogens is 516 g/mol. The lowest BCUT2D eigenvalue weighted by molar-refractivity contribution is -0.114. The maximum atomic E-state index is 13.6. The molecule has 1 N–H and O–H groups in total. The van der Waals surface area contributed by atoms with Crippen molar-refractivity contribution in [3.8, 4) is 17.2 Å². The number of nitrogens with zero attached hydrogens (tertiary/aromatic N) is 1. The van der Waals surface area contributed by atoms with E-state index < -0.39 is 0 Å². The van der Waals surface area contributed by atoms with Crippen molar-refractivity contribution < 1.29 is 23.8 Å². The van der Waals surface area contributed by atoms with Gasteiger partial charge in [-0.05, 0) is 79.1 Å². The van der Waals surface area contributed by atoms with Gasteiger partial charge in [0, 0.05) is 52.0 Å². The Kier molecular flexibility index (Phi) is 7.35. The van der Waals surface area contributed by atoms with Crippen LogP contribution in [0.1, 0.15) is 32.7 Å². The third kappa shape index (κ3) is 4.98. The Labute approximate surface area is 231 Å². The van der Waals surface area contributed by atoms with Crippen LogP contribution in [0.25, 0.3) is 16.6 Å². The van der Waals surface area contributed by atoms with E-state index in [0.29, 0.717) is 45.6 Å². The van der Waals surface area contributed by atoms with Crippen LogP contribution in [0, 0.1) is 6.92 Å². The number of carbonyl (C=O) groups excluding carboxylic acids is 2. The lowest BCUT2D eigenvalue weighted by atomic mass is 9.95. The first-order chi connectivity index (χ1) is 18.8. The average molecular weight is 545 g/mol. The topological polar surface area (TPSA) is 78.8 Å². The van der Waals surface area contributed by atoms with Crippen molar-refractivity contribution in [1.29, 1.82) is 0 Å². The molecule has 0 saturated heterocycles. The number of rotatable bonds is 7. The molecule has 0 atom stereocenters. The van der Waals surface area contributed by atoms with Crippen LogP contribution in [0.5, 0.6) is 17.2 Å². The Morgan fingerprint density at radius 2 is 1.69 bits per heavy atom. The third-order valence-corrected chi connectivity index (χ3v) is 7.35. The van der Waals surface area contributed by atoms with Crippen molar-refractivity contribution in [3.05, 3.63) is 93.6 Å². The molecule has 0 bridgehead atoms. The van der Waals surface area contributed by atoms with E-state index in [1.165, 1.54) is 0 Å². The molecule has 8 heteroatoms. The second-order valence-corrected chi connectivity index (χ2v) is 9.77. The fourth-order valence-electron chi connectivity index (χ4n) is 5.12. The number of hydrogen-bond donors (Lipinski definition) is 1. The predicted molar refractivity (Wildman–Crippen MR) is 152 cm³/mol. The van der Waals surface area contributed by atoms with Crippen LogP contribution in [0.3, 0.4) is 0 Å². The third-order valence-electron chi connectivity index (χ3n) is 7.10. The van der Waals surface area contributed by atoms with E-state index >= 15 is 0 Å². The van der Waals surface area contributed by atoms with Crippen LogP contribution in [0.2, 0.25) is 5.02 Å². The SMILES string of the molecule is COc1ccc2c(c1)c(CC(=O)/C=C1\NCCc3cc(OC)c(OC)cc31)c(C)n2C(=O)c1ccc(Cl)cc1. The van der Waals surface area contributed by atoms with E-state index in [1.807, 2.05) is 37.3 Å². The van der Waals surface area contributed by atoms with E-state index in [1.54, 1.807) is 56.2 Å². The predicted octanol–water partition coefficient (Wildman–Crippen LogP) is 5.62. The van der Waals surface area contributed by atoms with Gasteiger partial charge in [0.1, 0.15) is 5.75 Å². The fourth-order valence-corrected chi connectivity index (χ4v) is 5.24. The zero-order chi connectivity index (χ0) is 27.7. The monoisotopic (exact) mass is 544 g/mol. The quantitative estimate of drug-likeness (QED) is 0.304. The number of carbonyl (C=O) groups is 2. The van der Waals surface area contributed by atoms with E-state index in [4.69, 9.17) is 25.8 Å². The Bertz CT molecular complexity index is 1620. The van der Waals surface area contributed by atoms with Gasteiger partial charge in [-0.25, -0.2) is 0 Å². The van der Waals surface area contributed by atoms with Crippen LogP contribution in [-0.2, 0) is 17.6 Å². The number of ketones is 1. The summed E-state index contributed by atoms with van der Waals surface area (Å²) in [5.74, 6) is 1.62. The zero-order valence-electron chi connectivity index (χ0n) is 22.3. The number of nitrogens with one attached hydrogen (secondary N) is 1. The first-order valence-corrected chi connectivity index (χ1v) is 12.9. The minimum Gasteiger partial charge on any atom is -0.497 e. The highest BCUT2D eigenvalue weighted by molar-refractivity contribution is 6.30. The van der Waals surface area contributed by atoms with Gasteiger partial charge in [0.15, 0.2) is 17.3 Å². The molecule has 4 aromatic rings. The summed E-state index contributed by atoms with van der Waals surface area (Å²) in [6, 6.07) is 16.2. The molecule has 1 aromatic heterocycles. The highest BCUT2D eigenvalue weighted by Crippen LogP contribution is 2.35. The van der Waals surface area contributed by atoms with Crippen molar-refractivity contribution in [3.63, 3.8) is 0 Å². The van der Waals surface area contributed by atoms with Gasteiger partial charge in [0.25, 0.3) is 5.91 Å². The molecule has 3 aromatic carbocycles. The maximum absolute atomic E-state index is 13.6. The molecule has 200 valence electrons. The number of aromatic nitrogens is 1. The highest BCUT2D eigenvalue weighted by Gasteiger charge is 2.23. The second kappa shape index (κ2) is 10.9. The molecule has 0 aliphatic carbocycles. The zero-order valence-corrected chi connectivity index (χ0v) is 23.0. The van der Waals surface area contributed by atoms with Crippen LogP contribution in [-0.4, -0.2) is 44.1 Å². The second-order valence-electron chi connectivity index (χ2n) is 9.34. The summed E-state index contributed by atoms with van der Waals surface area (Å²) in [4.78, 5) is 27.1. The Morgan fingerprint density at radius 3 is 2.38 bits per heavy atom. The highest BCUT2D eigenvalue weighted by atomic mass is 35.5. The van der Waals surface area contributed by atoms with Crippen LogP contribution < -0.4 is 19.5 Å². The standard InChI is InChI=1S/C31H29ClN2O5/c1-18-24(14-22(35)15-27-25-17-30(39-4)29(38-3)13-20(25)11-12-33-27)26-16-23(37-2)9-10-28(26)34(18)31(36)19-5-7-21(32)8-6-19/h5-10,13,15-17,33H,11-12,14H2,1-4H3/b27-15-. The molecule has 7 nitrogen and oxygen atoms in total. The van der Waals surface area contributed by atoms with Crippen molar-refractivity contribution in [2.24, 2.45) is 0 Å². The molecular formula is C31H29ClN2O5. The van der Waals surface area contributed by atoms with Gasteiger partial charge in [-0.3, -0.25) is 14.2 Å². The average Bonchev–Trinajstić information content (AvgIpc) is 3.22. The maximum Gasteiger partial charge on any atom is 0.262 e. The molecule has 0 saturated carbocycles. The molecule has 0 radical (unpaired) electrons. The van der Waals surface area contributed by atoms with Crippen LogP contribution >= 0.6 is 11.6 Å². The molecule has 5 rings (SSSR count). The van der Waals surface area contributed by atoms with Gasteiger partial charge >= 0.3 is 0 Å². The van der Waals surface area contributed by atoms with E-state index in [9.17, 15) is 9.59 Å². The minimum atomic E-state index is -0.194. The summed E-state index contributed by atoms with van der Waals surface area (Å²) in [6.45, 7) is 2.56. The summed E-state index contributed by atoms with van der Waals surface area (Å²) in [6.07, 6.45) is 2.55. The molecule has 0 fully saturated rings. The smallest absolute Gasteiger partial charge is 0.262 e. The molecule has 0 amide bonds. The molecule has 0 unspecified atom stereocenters. The number of halogens is 1. The first-order valence-electron chi connectivity index (χ1n) is 12.6. The van der Waals surface area contributed by atoms with Crippen molar-refractivity contribution in [2.75, 3.05) is 27.9 Å². The van der Waals surface area contributed by atoms with Gasteiger partial charge in [-0.15, -0.1) is 0 Å². The van der Waals surface area contributed by atoms with E-state index in [2.05, 4.69) is 5.32 Å². The van der Waals surface area contributed by atoms with Crippen molar-refractivity contribution >= 4 is 39.9 Å². The lowest BCUT2D eigenvalue weighted by Crippen LogP contribution is -2.24. The Morgan fingerprint density at radius 1 is 0.974 bits per heavy atom. The van der Waals surface area contributed by atoms with E-state index in [-0.39, 0.29) is 18.1 Å². The van der Waals surface area contributed by atoms with E-state index in [0.717, 1.165) is 34.2 Å². The number of fused-ring (bicyclic) bond motifs is 2. The van der Waals surface area contributed by atoms with Gasteiger partial charge in [0.05, 0.1) is 26.8 Å². The minimum absolute atomic E-state index is 0.0935. The number of ether oxygens (including phenoxy) is 3. The first kappa shape index (κ1) is 26.4. The number of hydrogen-bond acceptors (Lipinski definition) is 6. The van der Waals surface area contributed by atoms with Gasteiger partial charge in [0.2, 0.25) is 0 Å². The largest absolute Gasteiger partial charge is 0.497 e. The normalized spacial score (nSPS) is 13.6. The lowest BCUT2D eigenvalue weighted by Gasteiger charge is -2.23. The Balaban J connectivity index is 1.55. The number of allylic oxidation sites excluding steroid dienone is 1. The van der Waals surface area contributed by atoms with Crippen molar-refractivity contribution in [1.82, 2.24) is 9.88 Å². The summed E-state index contributed by atoms with van der Waals surface area (Å²) in [5, 5.41) is 4.70. The van der Waals surface area contributed by atoms with Crippen LogP contribution in [0.4, 0.5) is 0 Å². The number of benzene rings is 3. The summed E-state index contributed by atoms with van der Waals surface area (Å²) in [7, 11) is 4.79. The van der Waals surface area contributed by atoms with Gasteiger partial charge in [-0.1, -0.05) is 11.6 Å². The molecule has 1 aliphatic rings. The van der Waals surface area contributed by atoms with Crippen LogP contribution in [0.15, 0.2) is 60.7 Å². The fraction of sp³-hybridized carbons (Fsp3) is 0.226. The molecule has 1 aliphatic heterocycles. The summed E-state index contributed by atoms with van der Waals surface area (Å²) in [5.41, 5.74) is 5.41.